The summed E-state index contributed by atoms with van der Waals surface area (Å²) >= 11 is 0. The average molecular weight is 344 g/mol. The molecule has 2 fully saturated rings. The fraction of sp³-hybridized carbons (Fsp3) is 0.682. The molecule has 3 rings (SSSR count). The van der Waals surface area contributed by atoms with Crippen LogP contribution in [0.2, 0.25) is 0 Å². The zero-order chi connectivity index (χ0) is 17.9. The van der Waals surface area contributed by atoms with Crippen molar-refractivity contribution in [2.45, 2.75) is 84.2 Å². The van der Waals surface area contributed by atoms with Crippen LogP contribution in [0, 0.1) is 11.3 Å². The van der Waals surface area contributed by atoms with Gasteiger partial charge in [-0.2, -0.15) is 0 Å². The van der Waals surface area contributed by atoms with Crippen LogP contribution in [0.25, 0.3) is 0 Å². The zero-order valence-corrected chi connectivity index (χ0v) is 15.9. The van der Waals surface area contributed by atoms with Gasteiger partial charge in [-0.1, -0.05) is 70.4 Å². The van der Waals surface area contributed by atoms with E-state index in [0.29, 0.717) is 12.3 Å². The van der Waals surface area contributed by atoms with E-state index >= 15 is 0 Å². The summed E-state index contributed by atoms with van der Waals surface area (Å²) < 4.78 is 12.6. The first-order valence-corrected chi connectivity index (χ1v) is 9.82. The summed E-state index contributed by atoms with van der Waals surface area (Å²) in [7, 11) is 0. The third-order valence-electron chi connectivity index (χ3n) is 5.50. The molecular weight excluding hydrogens is 312 g/mol. The van der Waals surface area contributed by atoms with Crippen molar-refractivity contribution in [2.24, 2.45) is 11.3 Å². The minimum Gasteiger partial charge on any atom is -0.348 e. The van der Waals surface area contributed by atoms with Gasteiger partial charge >= 0.3 is 0 Å². The number of carbonyl (C=O) groups is 1. The lowest BCUT2D eigenvalue weighted by Crippen LogP contribution is -2.47. The Bertz CT molecular complexity index is 554. The molecule has 1 heterocycles. The second kappa shape index (κ2) is 8.01. The Balaban J connectivity index is 1.69. The Morgan fingerprint density at radius 1 is 1.04 bits per heavy atom. The highest BCUT2D eigenvalue weighted by Crippen LogP contribution is 2.38. The topological polar surface area (TPSA) is 35.5 Å². The van der Waals surface area contributed by atoms with Crippen LogP contribution in [0.5, 0.6) is 0 Å². The molecule has 0 amide bonds. The van der Waals surface area contributed by atoms with E-state index in [4.69, 9.17) is 9.47 Å². The molecule has 1 saturated carbocycles. The van der Waals surface area contributed by atoms with Crippen molar-refractivity contribution < 1.29 is 14.3 Å². The molecule has 3 atom stereocenters. The van der Waals surface area contributed by atoms with E-state index in [0.717, 1.165) is 12.0 Å². The van der Waals surface area contributed by atoms with Gasteiger partial charge in [-0.25, -0.2) is 0 Å². The molecule has 0 bridgehead atoms. The smallest absolute Gasteiger partial charge is 0.165 e. The van der Waals surface area contributed by atoms with E-state index in [2.05, 4.69) is 20.8 Å². The lowest BCUT2D eigenvalue weighted by atomic mass is 9.81. The quantitative estimate of drug-likeness (QED) is 0.687. The maximum Gasteiger partial charge on any atom is 0.165 e. The Hall–Kier alpha value is -1.19. The zero-order valence-electron chi connectivity index (χ0n) is 15.9. The largest absolute Gasteiger partial charge is 0.348 e. The summed E-state index contributed by atoms with van der Waals surface area (Å²) in [6.45, 7) is 6.45. The minimum atomic E-state index is -0.234. The highest BCUT2D eigenvalue weighted by molar-refractivity contribution is 5.96. The first-order chi connectivity index (χ1) is 11.9. The lowest BCUT2D eigenvalue weighted by Gasteiger charge is -2.44. The van der Waals surface area contributed by atoms with Gasteiger partial charge < -0.3 is 9.47 Å². The van der Waals surface area contributed by atoms with Gasteiger partial charge in [0, 0.05) is 23.8 Å². The summed E-state index contributed by atoms with van der Waals surface area (Å²) in [4.78, 5) is 12.6. The van der Waals surface area contributed by atoms with Crippen LogP contribution < -0.4 is 0 Å². The van der Waals surface area contributed by atoms with Gasteiger partial charge in [-0.05, 0) is 18.8 Å². The van der Waals surface area contributed by atoms with Crippen LogP contribution in [-0.4, -0.2) is 24.3 Å². The van der Waals surface area contributed by atoms with E-state index in [9.17, 15) is 4.79 Å². The van der Waals surface area contributed by atoms with Crippen LogP contribution in [0.4, 0.5) is 0 Å². The summed E-state index contributed by atoms with van der Waals surface area (Å²) in [6, 6.07) is 9.56. The summed E-state index contributed by atoms with van der Waals surface area (Å²) in [5, 5.41) is 0. The second-order valence-electron chi connectivity index (χ2n) is 8.76. The van der Waals surface area contributed by atoms with E-state index in [1.165, 1.54) is 32.1 Å². The summed E-state index contributed by atoms with van der Waals surface area (Å²) in [5.41, 5.74) is 0.695. The Morgan fingerprint density at radius 3 is 2.36 bits per heavy atom. The molecule has 138 valence electrons. The minimum absolute atomic E-state index is 0.0439. The van der Waals surface area contributed by atoms with Crippen molar-refractivity contribution in [2.75, 3.05) is 0 Å². The molecular formula is C22H32O3. The van der Waals surface area contributed by atoms with E-state index in [-0.39, 0.29) is 29.7 Å². The maximum atomic E-state index is 12.6. The molecule has 25 heavy (non-hydrogen) atoms. The Labute approximate surface area is 152 Å². The molecule has 1 saturated heterocycles. The molecule has 0 radical (unpaired) electrons. The van der Waals surface area contributed by atoms with Gasteiger partial charge in [0.2, 0.25) is 0 Å². The maximum absolute atomic E-state index is 12.6. The molecule has 3 nitrogen and oxygen atoms in total. The molecule has 0 spiro atoms. The van der Waals surface area contributed by atoms with Crippen molar-refractivity contribution in [3.05, 3.63) is 35.9 Å². The third kappa shape index (κ3) is 4.92. The fourth-order valence-electron chi connectivity index (χ4n) is 4.03. The number of rotatable bonds is 4. The van der Waals surface area contributed by atoms with Gasteiger partial charge in [0.15, 0.2) is 12.1 Å². The monoisotopic (exact) mass is 344 g/mol. The van der Waals surface area contributed by atoms with Crippen molar-refractivity contribution in [1.82, 2.24) is 0 Å². The van der Waals surface area contributed by atoms with Crippen LogP contribution in [0.3, 0.4) is 0 Å². The van der Waals surface area contributed by atoms with Crippen LogP contribution >= 0.6 is 0 Å². The Kier molecular flexibility index (Phi) is 5.96. The van der Waals surface area contributed by atoms with Crippen molar-refractivity contribution in [3.63, 3.8) is 0 Å². The first-order valence-electron chi connectivity index (χ1n) is 9.82. The number of ether oxygens (including phenoxy) is 2. The van der Waals surface area contributed by atoms with Crippen molar-refractivity contribution in [3.8, 4) is 0 Å². The van der Waals surface area contributed by atoms with Crippen LogP contribution in [-0.2, 0) is 9.47 Å². The molecule has 1 aromatic rings. The predicted molar refractivity (Wildman–Crippen MR) is 99.6 cm³/mol. The second-order valence-corrected chi connectivity index (χ2v) is 8.76. The molecule has 1 aromatic carbocycles. The third-order valence-corrected chi connectivity index (χ3v) is 5.50. The Morgan fingerprint density at radius 2 is 1.72 bits per heavy atom. The predicted octanol–water partition coefficient (Wildman–Crippen LogP) is 5.39. The van der Waals surface area contributed by atoms with Crippen LogP contribution in [0.15, 0.2) is 30.3 Å². The number of hydrogen-bond donors (Lipinski definition) is 0. The summed E-state index contributed by atoms with van der Waals surface area (Å²) in [6.07, 6.45) is 7.70. The van der Waals surface area contributed by atoms with Gasteiger partial charge in [0.05, 0.1) is 12.2 Å². The van der Waals surface area contributed by atoms with Crippen molar-refractivity contribution >= 4 is 5.78 Å². The van der Waals surface area contributed by atoms with E-state index in [1.807, 2.05) is 30.3 Å². The van der Waals surface area contributed by atoms with Gasteiger partial charge in [0.1, 0.15) is 0 Å². The molecule has 1 aliphatic carbocycles. The van der Waals surface area contributed by atoms with E-state index < -0.39 is 0 Å². The first kappa shape index (κ1) is 18.6. The van der Waals surface area contributed by atoms with E-state index in [1.54, 1.807) is 0 Å². The number of Topliss-reactive ketones (excluding diaryl/α,β-unsaturated/α-hetero) is 1. The molecule has 0 aromatic heterocycles. The molecule has 1 aliphatic heterocycles. The molecule has 3 heteroatoms. The number of benzene rings is 1. The lowest BCUT2D eigenvalue weighted by molar-refractivity contribution is -0.288. The SMILES string of the molecule is CC(C)(C)[C@H]1O[C@H](CC(=O)c2ccccc2)C[C@H](C2CCCCC2)O1. The standard InChI is InChI=1S/C22H32O3/c1-22(2,3)21-24-18(14-19(23)16-10-6-4-7-11-16)15-20(25-21)17-12-8-5-9-13-17/h4,6-7,10-11,17-18,20-21H,5,8-9,12-15H2,1-3H3/t18-,20-,21+/m1/s1. The van der Waals surface area contributed by atoms with Gasteiger partial charge in [-0.3, -0.25) is 4.79 Å². The molecule has 0 N–H and O–H groups in total. The average Bonchev–Trinajstić information content (AvgIpc) is 2.62. The number of hydrogen-bond acceptors (Lipinski definition) is 3. The van der Waals surface area contributed by atoms with Crippen molar-refractivity contribution in [1.29, 1.82) is 0 Å². The number of carbonyl (C=O) groups excluding carboxylic acids is 1. The highest BCUT2D eigenvalue weighted by atomic mass is 16.7. The number of ketones is 1. The van der Waals surface area contributed by atoms with Gasteiger partial charge in [-0.15, -0.1) is 0 Å². The fourth-order valence-corrected chi connectivity index (χ4v) is 4.03. The van der Waals surface area contributed by atoms with Crippen LogP contribution in [0.1, 0.15) is 76.1 Å². The molecule has 0 unspecified atom stereocenters. The molecule has 2 aliphatic rings. The summed E-state index contributed by atoms with van der Waals surface area (Å²) in [5.74, 6) is 0.791. The highest BCUT2D eigenvalue weighted by Gasteiger charge is 2.40. The normalized spacial score (nSPS) is 28.7. The van der Waals surface area contributed by atoms with Gasteiger partial charge in [0.25, 0.3) is 0 Å².